The Morgan fingerprint density at radius 3 is 2.52 bits per heavy atom. The van der Waals surface area contributed by atoms with E-state index >= 15 is 0 Å². The maximum absolute atomic E-state index is 13.0. The predicted octanol–water partition coefficient (Wildman–Crippen LogP) is 4.66. The SMILES string of the molecule is Cc1cc(-n2c(C)cc(C(=O)C(C#N)C(=O)Nc3ccc(Cl)cc3Cl)c2C)no1. The lowest BCUT2D eigenvalue weighted by Crippen LogP contribution is -2.29. The number of nitrogens with one attached hydrogen (secondary N) is 1. The number of amides is 1. The number of anilines is 1. The maximum atomic E-state index is 13.0. The minimum absolute atomic E-state index is 0.203. The molecule has 2 heterocycles. The molecule has 0 saturated carbocycles. The first-order chi connectivity index (χ1) is 13.7. The molecule has 1 amide bonds. The van der Waals surface area contributed by atoms with Gasteiger partial charge in [-0.25, -0.2) is 0 Å². The molecule has 0 aliphatic heterocycles. The highest BCUT2D eigenvalue weighted by Crippen LogP contribution is 2.27. The first-order valence-corrected chi connectivity index (χ1v) is 9.31. The quantitative estimate of drug-likeness (QED) is 0.468. The van der Waals surface area contributed by atoms with Crippen LogP contribution in [0.4, 0.5) is 5.69 Å². The van der Waals surface area contributed by atoms with Crippen molar-refractivity contribution in [2.75, 3.05) is 5.32 Å². The van der Waals surface area contributed by atoms with Crippen LogP contribution in [0.25, 0.3) is 5.82 Å². The van der Waals surface area contributed by atoms with E-state index in [0.717, 1.165) is 5.69 Å². The van der Waals surface area contributed by atoms with Crippen LogP contribution < -0.4 is 5.32 Å². The van der Waals surface area contributed by atoms with Crippen molar-refractivity contribution in [2.45, 2.75) is 20.8 Å². The summed E-state index contributed by atoms with van der Waals surface area (Å²) in [4.78, 5) is 25.6. The summed E-state index contributed by atoms with van der Waals surface area (Å²) in [5.74, 6) is -1.80. The number of benzene rings is 1. The number of nitrogens with zero attached hydrogens (tertiary/aromatic N) is 3. The number of carbonyl (C=O) groups excluding carboxylic acids is 2. The number of halogens is 2. The van der Waals surface area contributed by atoms with Crippen LogP contribution in [0.2, 0.25) is 10.0 Å². The minimum Gasteiger partial charge on any atom is -0.360 e. The molecule has 0 saturated heterocycles. The van der Waals surface area contributed by atoms with E-state index in [1.165, 1.54) is 12.1 Å². The molecule has 1 N–H and O–H groups in total. The van der Waals surface area contributed by atoms with Gasteiger partial charge in [-0.1, -0.05) is 28.4 Å². The van der Waals surface area contributed by atoms with Crippen LogP contribution >= 0.6 is 23.2 Å². The zero-order valence-corrected chi connectivity index (χ0v) is 17.3. The molecule has 3 rings (SSSR count). The number of rotatable bonds is 5. The summed E-state index contributed by atoms with van der Waals surface area (Å²) in [6, 6.07) is 9.62. The van der Waals surface area contributed by atoms with Gasteiger partial charge in [-0.05, 0) is 45.0 Å². The molecule has 0 bridgehead atoms. The topological polar surface area (TPSA) is 101 Å². The molecule has 0 aliphatic rings. The molecule has 1 unspecified atom stereocenters. The van der Waals surface area contributed by atoms with E-state index in [-0.39, 0.29) is 16.3 Å². The molecule has 0 fully saturated rings. The second-order valence-electron chi connectivity index (χ2n) is 6.46. The maximum Gasteiger partial charge on any atom is 0.249 e. The fourth-order valence-electron chi connectivity index (χ4n) is 3.01. The van der Waals surface area contributed by atoms with Crippen LogP contribution in [0, 0.1) is 38.0 Å². The van der Waals surface area contributed by atoms with Crippen molar-refractivity contribution in [3.63, 3.8) is 0 Å². The Hall–Kier alpha value is -3.08. The van der Waals surface area contributed by atoms with Crippen LogP contribution in [0.15, 0.2) is 34.9 Å². The molecule has 0 spiro atoms. The number of Topliss-reactive ketones (excluding diaryl/α,β-unsaturated/α-hetero) is 1. The van der Waals surface area contributed by atoms with Crippen LogP contribution in [0.1, 0.15) is 27.5 Å². The fourth-order valence-corrected chi connectivity index (χ4v) is 3.47. The molecule has 2 aromatic heterocycles. The summed E-state index contributed by atoms with van der Waals surface area (Å²) in [5.41, 5.74) is 1.79. The van der Waals surface area contributed by atoms with Crippen LogP contribution in [0.3, 0.4) is 0 Å². The van der Waals surface area contributed by atoms with Gasteiger partial charge in [0.05, 0.1) is 16.8 Å². The molecule has 1 atom stereocenters. The third-order valence-electron chi connectivity index (χ3n) is 4.38. The third kappa shape index (κ3) is 4.04. The second kappa shape index (κ2) is 8.11. The second-order valence-corrected chi connectivity index (χ2v) is 7.30. The highest BCUT2D eigenvalue weighted by atomic mass is 35.5. The molecule has 0 aliphatic carbocycles. The Kier molecular flexibility index (Phi) is 5.78. The lowest BCUT2D eigenvalue weighted by molar-refractivity contribution is -0.117. The Morgan fingerprint density at radius 2 is 1.93 bits per heavy atom. The van der Waals surface area contributed by atoms with E-state index in [1.807, 2.05) is 0 Å². The lowest BCUT2D eigenvalue weighted by Gasteiger charge is -2.11. The Morgan fingerprint density at radius 1 is 1.21 bits per heavy atom. The number of aryl methyl sites for hydroxylation is 2. The van der Waals surface area contributed by atoms with E-state index in [4.69, 9.17) is 27.7 Å². The molecule has 0 radical (unpaired) electrons. The summed E-state index contributed by atoms with van der Waals surface area (Å²) in [7, 11) is 0. The fraction of sp³-hybridized carbons (Fsp3) is 0.200. The van der Waals surface area contributed by atoms with E-state index in [2.05, 4.69) is 10.5 Å². The molecule has 3 aromatic rings. The van der Waals surface area contributed by atoms with Gasteiger partial charge in [0.1, 0.15) is 5.76 Å². The molecule has 7 nitrogen and oxygen atoms in total. The number of ketones is 1. The average Bonchev–Trinajstić information content (AvgIpc) is 3.20. The molecule has 29 heavy (non-hydrogen) atoms. The minimum atomic E-state index is -1.55. The van der Waals surface area contributed by atoms with Crippen molar-refractivity contribution >= 4 is 40.6 Å². The van der Waals surface area contributed by atoms with Crippen molar-refractivity contribution in [3.8, 4) is 11.9 Å². The van der Waals surface area contributed by atoms with Gasteiger partial charge in [0.25, 0.3) is 0 Å². The summed E-state index contributed by atoms with van der Waals surface area (Å²) < 4.78 is 6.83. The van der Waals surface area contributed by atoms with Crippen molar-refractivity contribution in [1.82, 2.24) is 9.72 Å². The summed E-state index contributed by atoms with van der Waals surface area (Å²) in [5, 5.41) is 16.6. The zero-order chi connectivity index (χ0) is 21.3. The molecule has 148 valence electrons. The largest absolute Gasteiger partial charge is 0.360 e. The van der Waals surface area contributed by atoms with E-state index < -0.39 is 17.6 Å². The molecular weight excluding hydrogens is 415 g/mol. The summed E-state index contributed by atoms with van der Waals surface area (Å²) >= 11 is 11.9. The van der Waals surface area contributed by atoms with Crippen molar-refractivity contribution in [2.24, 2.45) is 5.92 Å². The Balaban J connectivity index is 1.90. The zero-order valence-electron chi connectivity index (χ0n) is 15.8. The Bertz CT molecular complexity index is 1160. The summed E-state index contributed by atoms with van der Waals surface area (Å²) in [6.45, 7) is 5.27. The normalized spacial score (nSPS) is 11.7. The first kappa shape index (κ1) is 20.6. The van der Waals surface area contributed by atoms with Crippen LogP contribution in [0.5, 0.6) is 0 Å². The summed E-state index contributed by atoms with van der Waals surface area (Å²) in [6.07, 6.45) is 0. The highest BCUT2D eigenvalue weighted by molar-refractivity contribution is 6.36. The number of hydrogen-bond donors (Lipinski definition) is 1. The predicted molar refractivity (Wildman–Crippen MR) is 109 cm³/mol. The molecule has 1 aromatic carbocycles. The van der Waals surface area contributed by atoms with E-state index in [9.17, 15) is 14.9 Å². The van der Waals surface area contributed by atoms with Gasteiger partial charge in [0.15, 0.2) is 17.5 Å². The van der Waals surface area contributed by atoms with Gasteiger partial charge in [-0.2, -0.15) is 5.26 Å². The lowest BCUT2D eigenvalue weighted by atomic mass is 9.98. The Labute approximate surface area is 176 Å². The smallest absolute Gasteiger partial charge is 0.249 e. The molecule has 9 heteroatoms. The van der Waals surface area contributed by atoms with Gasteiger partial charge in [-0.3, -0.25) is 14.2 Å². The van der Waals surface area contributed by atoms with Crippen LogP contribution in [-0.4, -0.2) is 21.4 Å². The van der Waals surface area contributed by atoms with E-state index in [0.29, 0.717) is 22.3 Å². The van der Waals surface area contributed by atoms with Crippen molar-refractivity contribution in [1.29, 1.82) is 5.26 Å². The highest BCUT2D eigenvalue weighted by Gasteiger charge is 2.31. The number of hydrogen-bond acceptors (Lipinski definition) is 5. The standard InChI is InChI=1S/C20H16Cl2N4O3/c1-10-6-14(12(3)26(10)18-7-11(2)29-25-18)19(27)15(9-23)20(28)24-17-5-4-13(21)8-16(17)22/h4-8,15H,1-3H3,(H,24,28). The monoisotopic (exact) mass is 430 g/mol. The third-order valence-corrected chi connectivity index (χ3v) is 4.93. The number of aromatic nitrogens is 2. The average molecular weight is 431 g/mol. The van der Waals surface area contributed by atoms with Crippen LogP contribution in [-0.2, 0) is 4.79 Å². The van der Waals surface area contributed by atoms with Gasteiger partial charge in [0.2, 0.25) is 5.91 Å². The van der Waals surface area contributed by atoms with Crippen molar-refractivity contribution < 1.29 is 14.1 Å². The first-order valence-electron chi connectivity index (χ1n) is 8.55. The van der Waals surface area contributed by atoms with E-state index in [1.54, 1.807) is 49.6 Å². The molecular formula is C20H16Cl2N4O3. The number of carbonyl (C=O) groups is 2. The number of nitriles is 1. The van der Waals surface area contributed by atoms with Gasteiger partial charge >= 0.3 is 0 Å². The van der Waals surface area contributed by atoms with Crippen molar-refractivity contribution in [3.05, 3.63) is 63.1 Å². The van der Waals surface area contributed by atoms with Gasteiger partial charge in [-0.15, -0.1) is 0 Å². The van der Waals surface area contributed by atoms with Gasteiger partial charge in [0, 0.05) is 28.0 Å². The van der Waals surface area contributed by atoms with Gasteiger partial charge < -0.3 is 9.84 Å².